The first kappa shape index (κ1) is 9.70. The molecule has 0 unspecified atom stereocenters. The second-order valence-corrected chi connectivity index (χ2v) is 3.07. The highest BCUT2D eigenvalue weighted by Gasteiger charge is 2.33. The van der Waals surface area contributed by atoms with Gasteiger partial charge in [-0.25, -0.2) is 13.2 Å². The van der Waals surface area contributed by atoms with Gasteiger partial charge in [-0.1, -0.05) is 5.16 Å². The van der Waals surface area contributed by atoms with E-state index in [-0.39, 0.29) is 17.7 Å². The molecule has 1 aromatic rings. The SMILES string of the molecule is O=C1/C(=N/O)Cc2cc(F)c(F)c(F)c21. The average Bonchev–Trinajstić information content (AvgIpc) is 2.52. The molecular weight excluding hydrogens is 211 g/mol. The molecule has 2 rings (SSSR count). The molecule has 0 saturated carbocycles. The fourth-order valence-corrected chi connectivity index (χ4v) is 1.51. The van der Waals surface area contributed by atoms with Gasteiger partial charge in [-0.05, 0) is 11.6 Å². The summed E-state index contributed by atoms with van der Waals surface area (Å²) in [7, 11) is 0. The number of oxime groups is 1. The third kappa shape index (κ3) is 1.21. The van der Waals surface area contributed by atoms with Crippen LogP contribution in [0.2, 0.25) is 0 Å². The Hall–Kier alpha value is -1.85. The van der Waals surface area contributed by atoms with Crippen molar-refractivity contribution in [3.05, 3.63) is 34.6 Å². The lowest BCUT2D eigenvalue weighted by Crippen LogP contribution is -2.09. The number of hydrogen-bond donors (Lipinski definition) is 1. The van der Waals surface area contributed by atoms with Crippen LogP contribution in [0.3, 0.4) is 0 Å². The Morgan fingerprint density at radius 3 is 2.53 bits per heavy atom. The highest BCUT2D eigenvalue weighted by atomic mass is 19.2. The maximum absolute atomic E-state index is 13.2. The minimum absolute atomic E-state index is 0.01000. The molecule has 1 aromatic carbocycles. The van der Waals surface area contributed by atoms with E-state index in [2.05, 4.69) is 5.16 Å². The summed E-state index contributed by atoms with van der Waals surface area (Å²) in [6, 6.07) is 0.726. The van der Waals surface area contributed by atoms with Gasteiger partial charge in [0.05, 0.1) is 5.56 Å². The molecule has 0 aromatic heterocycles. The lowest BCUT2D eigenvalue weighted by molar-refractivity contribution is 0.106. The number of benzene rings is 1. The van der Waals surface area contributed by atoms with E-state index >= 15 is 0 Å². The van der Waals surface area contributed by atoms with E-state index in [1.54, 1.807) is 0 Å². The molecule has 0 saturated heterocycles. The molecule has 0 atom stereocenters. The van der Waals surface area contributed by atoms with Crippen LogP contribution in [0.5, 0.6) is 0 Å². The predicted octanol–water partition coefficient (Wildman–Crippen LogP) is 1.67. The van der Waals surface area contributed by atoms with Crippen molar-refractivity contribution in [3.8, 4) is 0 Å². The first-order valence-electron chi connectivity index (χ1n) is 3.98. The first-order valence-corrected chi connectivity index (χ1v) is 3.98. The normalized spacial score (nSPS) is 17.3. The van der Waals surface area contributed by atoms with Crippen LogP contribution in [-0.2, 0) is 6.42 Å². The third-order valence-electron chi connectivity index (χ3n) is 2.21. The van der Waals surface area contributed by atoms with Crippen molar-refractivity contribution in [3.63, 3.8) is 0 Å². The van der Waals surface area contributed by atoms with Crippen molar-refractivity contribution >= 4 is 11.5 Å². The van der Waals surface area contributed by atoms with Gasteiger partial charge in [-0.3, -0.25) is 4.79 Å². The zero-order chi connectivity index (χ0) is 11.2. The Labute approximate surface area is 81.8 Å². The minimum Gasteiger partial charge on any atom is -0.411 e. The van der Waals surface area contributed by atoms with Crippen molar-refractivity contribution in [2.75, 3.05) is 0 Å². The van der Waals surface area contributed by atoms with Crippen LogP contribution in [0.25, 0.3) is 0 Å². The smallest absolute Gasteiger partial charge is 0.214 e. The summed E-state index contributed by atoms with van der Waals surface area (Å²) in [6.07, 6.45) is -0.196. The number of nitrogens with zero attached hydrogens (tertiary/aromatic N) is 1. The largest absolute Gasteiger partial charge is 0.411 e. The van der Waals surface area contributed by atoms with Gasteiger partial charge in [-0.2, -0.15) is 0 Å². The summed E-state index contributed by atoms with van der Waals surface area (Å²) in [6.45, 7) is 0. The molecule has 0 bridgehead atoms. The van der Waals surface area contributed by atoms with E-state index in [9.17, 15) is 18.0 Å². The number of Topliss-reactive ketones (excluding diaryl/α,β-unsaturated/α-hetero) is 1. The van der Waals surface area contributed by atoms with Gasteiger partial charge in [-0.15, -0.1) is 0 Å². The fraction of sp³-hybridized carbons (Fsp3) is 0.111. The van der Waals surface area contributed by atoms with Crippen LogP contribution in [0.15, 0.2) is 11.2 Å². The van der Waals surface area contributed by atoms with Gasteiger partial charge in [0.15, 0.2) is 17.5 Å². The maximum atomic E-state index is 13.2. The van der Waals surface area contributed by atoms with E-state index in [1.165, 1.54) is 0 Å². The van der Waals surface area contributed by atoms with Gasteiger partial charge >= 0.3 is 0 Å². The number of halogens is 3. The van der Waals surface area contributed by atoms with Gasteiger partial charge in [0.1, 0.15) is 5.71 Å². The topological polar surface area (TPSA) is 49.7 Å². The zero-order valence-corrected chi connectivity index (χ0v) is 7.22. The van der Waals surface area contributed by atoms with Crippen LogP contribution in [-0.4, -0.2) is 16.7 Å². The summed E-state index contributed by atoms with van der Waals surface area (Å²) in [5, 5.41) is 11.0. The van der Waals surface area contributed by atoms with Crippen LogP contribution in [0.1, 0.15) is 15.9 Å². The van der Waals surface area contributed by atoms with Crippen molar-refractivity contribution in [2.45, 2.75) is 6.42 Å². The zero-order valence-electron chi connectivity index (χ0n) is 7.22. The van der Waals surface area contributed by atoms with Crippen molar-refractivity contribution in [1.29, 1.82) is 0 Å². The molecule has 1 aliphatic carbocycles. The van der Waals surface area contributed by atoms with Crippen LogP contribution in [0, 0.1) is 17.5 Å². The summed E-state index contributed by atoms with van der Waals surface area (Å²) in [5.41, 5.74) is -0.889. The second kappa shape index (κ2) is 3.08. The standard InChI is InChI=1S/C9H4F3NO2/c10-4-1-3-2-5(13-15)9(14)6(3)8(12)7(4)11/h1,15H,2H2/b13-5+. The molecule has 0 aliphatic heterocycles. The van der Waals surface area contributed by atoms with Gasteiger partial charge in [0.25, 0.3) is 0 Å². The molecule has 0 fully saturated rings. The summed E-state index contributed by atoms with van der Waals surface area (Å²) in [5.74, 6) is -5.50. The summed E-state index contributed by atoms with van der Waals surface area (Å²) >= 11 is 0. The van der Waals surface area contributed by atoms with Crippen molar-refractivity contribution in [2.24, 2.45) is 5.16 Å². The minimum atomic E-state index is -1.69. The molecule has 0 radical (unpaired) electrons. The summed E-state index contributed by atoms with van der Waals surface area (Å²) in [4.78, 5) is 11.3. The molecule has 0 spiro atoms. The number of carbonyl (C=O) groups excluding carboxylic acids is 1. The Balaban J connectivity index is 2.72. The number of rotatable bonds is 0. The first-order chi connectivity index (χ1) is 7.06. The number of ketones is 1. The second-order valence-electron chi connectivity index (χ2n) is 3.07. The van der Waals surface area contributed by atoms with E-state index < -0.39 is 28.8 Å². The molecule has 0 heterocycles. The van der Waals surface area contributed by atoms with Crippen LogP contribution < -0.4 is 0 Å². The highest BCUT2D eigenvalue weighted by Crippen LogP contribution is 2.26. The van der Waals surface area contributed by atoms with E-state index in [0.717, 1.165) is 6.07 Å². The monoisotopic (exact) mass is 215 g/mol. The third-order valence-corrected chi connectivity index (χ3v) is 2.21. The van der Waals surface area contributed by atoms with Gasteiger partial charge < -0.3 is 5.21 Å². The molecule has 78 valence electrons. The Morgan fingerprint density at radius 1 is 1.27 bits per heavy atom. The van der Waals surface area contributed by atoms with Gasteiger partial charge in [0.2, 0.25) is 5.78 Å². The van der Waals surface area contributed by atoms with Crippen LogP contribution in [0.4, 0.5) is 13.2 Å². The average molecular weight is 215 g/mol. The molecule has 6 heteroatoms. The number of hydrogen-bond acceptors (Lipinski definition) is 3. The van der Waals surface area contributed by atoms with Crippen molar-refractivity contribution < 1.29 is 23.2 Å². The van der Waals surface area contributed by atoms with E-state index in [0.29, 0.717) is 0 Å². The molecule has 1 aliphatic rings. The van der Waals surface area contributed by atoms with E-state index in [4.69, 9.17) is 5.21 Å². The Morgan fingerprint density at radius 2 is 1.93 bits per heavy atom. The molecule has 1 N–H and O–H groups in total. The van der Waals surface area contributed by atoms with Crippen LogP contribution >= 0.6 is 0 Å². The number of fused-ring (bicyclic) bond motifs is 1. The maximum Gasteiger partial charge on any atom is 0.214 e. The van der Waals surface area contributed by atoms with Crippen molar-refractivity contribution in [1.82, 2.24) is 0 Å². The molecule has 3 nitrogen and oxygen atoms in total. The quantitative estimate of drug-likeness (QED) is 0.406. The fourth-order valence-electron chi connectivity index (χ4n) is 1.51. The van der Waals surface area contributed by atoms with Gasteiger partial charge in [0, 0.05) is 6.42 Å². The molecule has 15 heavy (non-hydrogen) atoms. The summed E-state index contributed by atoms with van der Waals surface area (Å²) < 4.78 is 38.7. The lowest BCUT2D eigenvalue weighted by Gasteiger charge is -2.00. The molecule has 0 amide bonds. The van der Waals surface area contributed by atoms with E-state index in [1.807, 2.05) is 0 Å². The highest BCUT2D eigenvalue weighted by molar-refractivity contribution is 6.49. The predicted molar refractivity (Wildman–Crippen MR) is 43.6 cm³/mol. The lowest BCUT2D eigenvalue weighted by atomic mass is 10.1. The Bertz CT molecular complexity index is 497. The number of carbonyl (C=O) groups is 1. The molecular formula is C9H4F3NO2. The Kier molecular flexibility index (Phi) is 1.99.